The Balaban J connectivity index is 1.83. The Morgan fingerprint density at radius 1 is 1.04 bits per heavy atom. The van der Waals surface area contributed by atoms with Gasteiger partial charge in [-0.05, 0) is 36.1 Å². The third kappa shape index (κ3) is 6.16. The Bertz CT molecular complexity index is 833. The van der Waals surface area contributed by atoms with Crippen molar-refractivity contribution in [3.05, 3.63) is 65.7 Å². The predicted octanol–water partition coefficient (Wildman–Crippen LogP) is 3.45. The van der Waals surface area contributed by atoms with Crippen LogP contribution in [0.25, 0.3) is 6.08 Å². The topological polar surface area (TPSA) is 76.7 Å². The standard InChI is InChI=1S/C22H26N2O4/c1-4-16(2)18-10-6-8-12-20(18)28-15-22(26)24-23-21(25)14-13-17-9-5-7-11-19(17)27-3/h5-14,16H,4,15H2,1-3H3,(H,23,25)(H,24,26). The molecule has 0 radical (unpaired) electrons. The zero-order valence-corrected chi connectivity index (χ0v) is 16.4. The normalized spacial score (nSPS) is 11.7. The smallest absolute Gasteiger partial charge is 0.276 e. The number of benzene rings is 2. The van der Waals surface area contributed by atoms with Gasteiger partial charge in [0.05, 0.1) is 7.11 Å². The summed E-state index contributed by atoms with van der Waals surface area (Å²) < 4.78 is 10.8. The van der Waals surface area contributed by atoms with E-state index in [-0.39, 0.29) is 6.61 Å². The van der Waals surface area contributed by atoms with Gasteiger partial charge in [0, 0.05) is 11.6 Å². The average molecular weight is 382 g/mol. The van der Waals surface area contributed by atoms with Gasteiger partial charge in [0.25, 0.3) is 11.8 Å². The van der Waals surface area contributed by atoms with Crippen molar-refractivity contribution in [1.29, 1.82) is 0 Å². The summed E-state index contributed by atoms with van der Waals surface area (Å²) >= 11 is 0. The lowest BCUT2D eigenvalue weighted by molar-refractivity contribution is -0.128. The maximum absolute atomic E-state index is 12.0. The number of rotatable bonds is 8. The Hall–Kier alpha value is -3.28. The summed E-state index contributed by atoms with van der Waals surface area (Å²) in [4.78, 5) is 23.8. The van der Waals surface area contributed by atoms with Crippen LogP contribution >= 0.6 is 0 Å². The van der Waals surface area contributed by atoms with Crippen LogP contribution in [0.5, 0.6) is 11.5 Å². The average Bonchev–Trinajstić information content (AvgIpc) is 2.74. The molecule has 0 heterocycles. The van der Waals surface area contributed by atoms with E-state index in [1.807, 2.05) is 42.5 Å². The molecule has 0 saturated carbocycles. The highest BCUT2D eigenvalue weighted by atomic mass is 16.5. The number of hydrogen-bond acceptors (Lipinski definition) is 4. The quantitative estimate of drug-likeness (QED) is 0.542. The van der Waals surface area contributed by atoms with Crippen LogP contribution in [0, 0.1) is 0 Å². The molecule has 6 heteroatoms. The van der Waals surface area contributed by atoms with Gasteiger partial charge in [0.1, 0.15) is 11.5 Å². The molecule has 28 heavy (non-hydrogen) atoms. The lowest BCUT2D eigenvalue weighted by atomic mass is 9.98. The van der Waals surface area contributed by atoms with E-state index in [1.54, 1.807) is 19.3 Å². The largest absolute Gasteiger partial charge is 0.496 e. The van der Waals surface area contributed by atoms with E-state index in [4.69, 9.17) is 9.47 Å². The van der Waals surface area contributed by atoms with Crippen LogP contribution in [0.15, 0.2) is 54.6 Å². The molecule has 0 aliphatic heterocycles. The summed E-state index contributed by atoms with van der Waals surface area (Å²) in [6, 6.07) is 14.9. The van der Waals surface area contributed by atoms with Crippen LogP contribution in [-0.4, -0.2) is 25.5 Å². The maximum atomic E-state index is 12.0. The monoisotopic (exact) mass is 382 g/mol. The highest BCUT2D eigenvalue weighted by molar-refractivity contribution is 5.93. The maximum Gasteiger partial charge on any atom is 0.276 e. The van der Waals surface area contributed by atoms with Crippen molar-refractivity contribution in [2.75, 3.05) is 13.7 Å². The van der Waals surface area contributed by atoms with Gasteiger partial charge in [-0.1, -0.05) is 50.2 Å². The van der Waals surface area contributed by atoms with Crippen LogP contribution in [-0.2, 0) is 9.59 Å². The minimum Gasteiger partial charge on any atom is -0.496 e. The first-order valence-corrected chi connectivity index (χ1v) is 9.16. The van der Waals surface area contributed by atoms with Gasteiger partial charge in [-0.3, -0.25) is 20.4 Å². The van der Waals surface area contributed by atoms with Gasteiger partial charge in [-0.15, -0.1) is 0 Å². The number of para-hydroxylation sites is 2. The van der Waals surface area contributed by atoms with Crippen LogP contribution in [0.1, 0.15) is 37.3 Å². The Kier molecular flexibility index (Phi) is 8.09. The highest BCUT2D eigenvalue weighted by Gasteiger charge is 2.11. The van der Waals surface area contributed by atoms with Crippen LogP contribution in [0.3, 0.4) is 0 Å². The SMILES string of the molecule is CCC(C)c1ccccc1OCC(=O)NNC(=O)C=Cc1ccccc1OC. The number of hydrogen-bond donors (Lipinski definition) is 2. The second-order valence-corrected chi connectivity index (χ2v) is 6.25. The number of hydrazine groups is 1. The molecule has 2 rings (SSSR count). The van der Waals surface area contributed by atoms with Crippen molar-refractivity contribution in [3.63, 3.8) is 0 Å². The molecule has 0 fully saturated rings. The first kappa shape index (κ1) is 21.0. The summed E-state index contributed by atoms with van der Waals surface area (Å²) in [5.74, 6) is 0.759. The molecule has 0 aliphatic rings. The third-order valence-corrected chi connectivity index (χ3v) is 4.30. The van der Waals surface area contributed by atoms with Crippen LogP contribution < -0.4 is 20.3 Å². The van der Waals surface area contributed by atoms with Crippen molar-refractivity contribution >= 4 is 17.9 Å². The molecule has 2 aromatic rings. The van der Waals surface area contributed by atoms with E-state index in [1.165, 1.54) is 6.08 Å². The second kappa shape index (κ2) is 10.8. The summed E-state index contributed by atoms with van der Waals surface area (Å²) in [7, 11) is 1.56. The summed E-state index contributed by atoms with van der Waals surface area (Å²) in [5.41, 5.74) is 6.48. The van der Waals surface area contributed by atoms with E-state index in [0.717, 1.165) is 17.5 Å². The molecule has 2 amide bonds. The first-order valence-electron chi connectivity index (χ1n) is 9.16. The highest BCUT2D eigenvalue weighted by Crippen LogP contribution is 2.28. The number of carbonyl (C=O) groups excluding carboxylic acids is 2. The van der Waals surface area contributed by atoms with Gasteiger partial charge in [-0.2, -0.15) is 0 Å². The van der Waals surface area contributed by atoms with E-state index in [0.29, 0.717) is 17.4 Å². The number of nitrogens with one attached hydrogen (secondary N) is 2. The fourth-order valence-electron chi connectivity index (χ4n) is 2.56. The Morgan fingerprint density at radius 3 is 2.43 bits per heavy atom. The Morgan fingerprint density at radius 2 is 1.71 bits per heavy atom. The van der Waals surface area contributed by atoms with Gasteiger partial charge in [-0.25, -0.2) is 0 Å². The zero-order valence-electron chi connectivity index (χ0n) is 16.4. The van der Waals surface area contributed by atoms with Gasteiger partial charge >= 0.3 is 0 Å². The van der Waals surface area contributed by atoms with Crippen molar-refractivity contribution in [2.45, 2.75) is 26.2 Å². The molecule has 0 spiro atoms. The first-order chi connectivity index (χ1) is 13.5. The molecule has 148 valence electrons. The predicted molar refractivity (Wildman–Crippen MR) is 109 cm³/mol. The lowest BCUT2D eigenvalue weighted by Crippen LogP contribution is -2.43. The van der Waals surface area contributed by atoms with Gasteiger partial charge in [0.15, 0.2) is 6.61 Å². The minimum absolute atomic E-state index is 0.191. The molecule has 1 unspecified atom stereocenters. The van der Waals surface area contributed by atoms with Crippen molar-refractivity contribution < 1.29 is 19.1 Å². The van der Waals surface area contributed by atoms with Crippen molar-refractivity contribution in [1.82, 2.24) is 10.9 Å². The zero-order chi connectivity index (χ0) is 20.4. The number of ether oxygens (including phenoxy) is 2. The molecule has 0 bridgehead atoms. The number of methoxy groups -OCH3 is 1. The fraction of sp³-hybridized carbons (Fsp3) is 0.273. The van der Waals surface area contributed by atoms with Gasteiger partial charge in [0.2, 0.25) is 0 Å². The number of carbonyl (C=O) groups is 2. The summed E-state index contributed by atoms with van der Waals surface area (Å²) in [5, 5.41) is 0. The molecule has 6 nitrogen and oxygen atoms in total. The molecular weight excluding hydrogens is 356 g/mol. The van der Waals surface area contributed by atoms with E-state index in [9.17, 15) is 9.59 Å². The molecule has 0 aromatic heterocycles. The third-order valence-electron chi connectivity index (χ3n) is 4.30. The van der Waals surface area contributed by atoms with E-state index >= 15 is 0 Å². The van der Waals surface area contributed by atoms with E-state index < -0.39 is 11.8 Å². The molecule has 2 aromatic carbocycles. The molecule has 1 atom stereocenters. The minimum atomic E-state index is -0.459. The Labute approximate surface area is 165 Å². The summed E-state index contributed by atoms with van der Waals surface area (Å²) in [6.07, 6.45) is 3.90. The lowest BCUT2D eigenvalue weighted by Gasteiger charge is -2.15. The van der Waals surface area contributed by atoms with E-state index in [2.05, 4.69) is 24.7 Å². The fourth-order valence-corrected chi connectivity index (χ4v) is 2.56. The summed E-state index contributed by atoms with van der Waals surface area (Å²) in [6.45, 7) is 4.02. The van der Waals surface area contributed by atoms with Crippen LogP contribution in [0.2, 0.25) is 0 Å². The molecule has 2 N–H and O–H groups in total. The van der Waals surface area contributed by atoms with Crippen molar-refractivity contribution in [3.8, 4) is 11.5 Å². The molecule has 0 aliphatic carbocycles. The van der Waals surface area contributed by atoms with Crippen molar-refractivity contribution in [2.24, 2.45) is 0 Å². The number of amides is 2. The molecular formula is C22H26N2O4. The molecule has 0 saturated heterocycles. The van der Waals surface area contributed by atoms with Gasteiger partial charge < -0.3 is 9.47 Å². The second-order valence-electron chi connectivity index (χ2n) is 6.25. The van der Waals surface area contributed by atoms with Crippen LogP contribution in [0.4, 0.5) is 0 Å².